The molecule has 2 aliphatic rings. The number of carbonyl (C=O) groups excluding carboxylic acids is 3. The number of ketones is 1. The molecule has 1 aromatic heterocycles. The third kappa shape index (κ3) is 5.44. The molecule has 3 aromatic rings. The van der Waals surface area contributed by atoms with Crippen molar-refractivity contribution in [2.75, 3.05) is 18.1 Å². The van der Waals surface area contributed by atoms with Crippen LogP contribution in [0, 0.1) is 6.92 Å². The molecule has 1 amide bonds. The summed E-state index contributed by atoms with van der Waals surface area (Å²) in [4.78, 5) is 45.7. The third-order valence-electron chi connectivity index (χ3n) is 7.01. The highest BCUT2D eigenvalue weighted by Crippen LogP contribution is 2.45. The van der Waals surface area contributed by atoms with E-state index < -0.39 is 23.7 Å². The largest absolute Gasteiger partial charge is 0.507 e. The van der Waals surface area contributed by atoms with E-state index in [2.05, 4.69) is 11.9 Å². The van der Waals surface area contributed by atoms with Gasteiger partial charge in [0.25, 0.3) is 5.78 Å². The molecule has 3 heterocycles. The molecule has 10 heteroatoms. The van der Waals surface area contributed by atoms with Gasteiger partial charge >= 0.3 is 11.9 Å². The van der Waals surface area contributed by atoms with Crippen molar-refractivity contribution >= 4 is 39.9 Å². The van der Waals surface area contributed by atoms with Crippen LogP contribution in [-0.2, 0) is 20.7 Å². The number of aryl methyl sites for hydroxylation is 1. The minimum absolute atomic E-state index is 0.00478. The Morgan fingerprint density at radius 1 is 1.20 bits per heavy atom. The maximum Gasteiger partial charge on any atom is 0.350 e. The fourth-order valence-corrected chi connectivity index (χ4v) is 6.04. The van der Waals surface area contributed by atoms with Crippen LogP contribution in [0.15, 0.2) is 48.0 Å². The number of fused-ring (bicyclic) bond motifs is 1. The van der Waals surface area contributed by atoms with Crippen molar-refractivity contribution in [2.45, 2.75) is 59.1 Å². The van der Waals surface area contributed by atoms with Crippen LogP contribution in [0.3, 0.4) is 0 Å². The molecule has 1 N–H and O–H groups in total. The molecule has 0 aliphatic carbocycles. The van der Waals surface area contributed by atoms with Gasteiger partial charge in [-0.25, -0.2) is 9.78 Å². The molecule has 0 bridgehead atoms. The maximum absolute atomic E-state index is 13.6. The summed E-state index contributed by atoms with van der Waals surface area (Å²) in [7, 11) is 0. The number of aromatic nitrogens is 1. The monoisotopic (exact) mass is 576 g/mol. The normalized spacial score (nSPS) is 19.3. The Kier molecular flexibility index (Phi) is 8.12. The lowest BCUT2D eigenvalue weighted by Crippen LogP contribution is -2.29. The first-order chi connectivity index (χ1) is 19.7. The predicted octanol–water partition coefficient (Wildman–Crippen LogP) is 5.76. The van der Waals surface area contributed by atoms with Crippen molar-refractivity contribution in [1.29, 1.82) is 0 Å². The summed E-state index contributed by atoms with van der Waals surface area (Å²) in [6.07, 6.45) is 2.51. The van der Waals surface area contributed by atoms with Crippen molar-refractivity contribution in [1.82, 2.24) is 4.98 Å². The molecular formula is C31H32N2O7S. The first-order valence-corrected chi connectivity index (χ1v) is 14.5. The van der Waals surface area contributed by atoms with Gasteiger partial charge in [0.15, 0.2) is 5.13 Å². The van der Waals surface area contributed by atoms with Crippen LogP contribution in [0.4, 0.5) is 5.13 Å². The Morgan fingerprint density at radius 3 is 2.76 bits per heavy atom. The third-order valence-corrected chi connectivity index (χ3v) is 8.14. The average Bonchev–Trinajstić information content (AvgIpc) is 3.60. The molecule has 2 aromatic carbocycles. The number of aliphatic hydroxyl groups is 1. The molecule has 0 saturated carbocycles. The molecule has 2 aliphatic heterocycles. The van der Waals surface area contributed by atoms with E-state index in [1.54, 1.807) is 56.3 Å². The first kappa shape index (κ1) is 28.4. The lowest BCUT2D eigenvalue weighted by Gasteiger charge is -2.23. The average molecular weight is 577 g/mol. The van der Waals surface area contributed by atoms with Gasteiger partial charge in [-0.15, -0.1) is 0 Å². The Balaban J connectivity index is 1.64. The smallest absolute Gasteiger partial charge is 0.350 e. The first-order valence-electron chi connectivity index (χ1n) is 13.7. The van der Waals surface area contributed by atoms with Crippen molar-refractivity contribution in [3.05, 3.63) is 75.3 Å². The van der Waals surface area contributed by atoms with Crippen molar-refractivity contribution in [3.8, 4) is 11.5 Å². The number of thiazole rings is 1. The van der Waals surface area contributed by atoms with Gasteiger partial charge in [0, 0.05) is 12.0 Å². The van der Waals surface area contributed by atoms with Gasteiger partial charge in [0.1, 0.15) is 28.2 Å². The van der Waals surface area contributed by atoms with Crippen LogP contribution in [0.1, 0.15) is 71.7 Å². The number of anilines is 1. The minimum Gasteiger partial charge on any atom is -0.507 e. The Hall–Kier alpha value is -4.18. The number of amides is 1. The molecule has 0 spiro atoms. The van der Waals surface area contributed by atoms with Gasteiger partial charge in [-0.05, 0) is 68.7 Å². The van der Waals surface area contributed by atoms with E-state index in [0.29, 0.717) is 35.6 Å². The van der Waals surface area contributed by atoms with Crippen LogP contribution < -0.4 is 14.4 Å². The highest BCUT2D eigenvalue weighted by atomic mass is 32.1. The number of ether oxygens (including phenoxy) is 3. The Labute approximate surface area is 242 Å². The molecule has 1 fully saturated rings. The summed E-state index contributed by atoms with van der Waals surface area (Å²) in [5, 5.41) is 11.7. The molecule has 0 radical (unpaired) electrons. The summed E-state index contributed by atoms with van der Waals surface area (Å²) < 4.78 is 16.9. The van der Waals surface area contributed by atoms with E-state index >= 15 is 0 Å². The second kappa shape index (κ2) is 11.7. The zero-order chi connectivity index (χ0) is 29.3. The molecule has 9 nitrogen and oxygen atoms in total. The summed E-state index contributed by atoms with van der Waals surface area (Å²) in [6, 6.07) is 11.3. The van der Waals surface area contributed by atoms with Crippen molar-refractivity contribution in [3.63, 3.8) is 0 Å². The molecule has 0 unspecified atom stereocenters. The second-order valence-corrected chi connectivity index (χ2v) is 11.0. The van der Waals surface area contributed by atoms with Gasteiger partial charge < -0.3 is 19.3 Å². The number of aliphatic hydroxyl groups excluding tert-OH is 1. The number of esters is 1. The van der Waals surface area contributed by atoms with E-state index in [-0.39, 0.29) is 34.1 Å². The van der Waals surface area contributed by atoms with E-state index in [1.807, 2.05) is 6.92 Å². The molecular weight excluding hydrogens is 544 g/mol. The molecule has 1 saturated heterocycles. The van der Waals surface area contributed by atoms with Crippen LogP contribution in [0.2, 0.25) is 0 Å². The number of Topliss-reactive ketones (excluding diaryl/α,β-unsaturated/α-hetero) is 1. The lowest BCUT2D eigenvalue weighted by atomic mass is 9.94. The lowest BCUT2D eigenvalue weighted by molar-refractivity contribution is -0.132. The molecule has 41 heavy (non-hydrogen) atoms. The Morgan fingerprint density at radius 2 is 2.00 bits per heavy atom. The Bertz CT molecular complexity index is 1540. The molecule has 2 atom stereocenters. The summed E-state index contributed by atoms with van der Waals surface area (Å²) >= 11 is 0.971. The van der Waals surface area contributed by atoms with Gasteiger partial charge in [0.05, 0.1) is 30.5 Å². The number of unbranched alkanes of at least 4 members (excludes halogenated alkanes) is 1. The van der Waals surface area contributed by atoms with Gasteiger partial charge in [0.2, 0.25) is 0 Å². The number of hydrogen-bond acceptors (Lipinski definition) is 9. The maximum atomic E-state index is 13.6. The number of benzene rings is 2. The fraction of sp³-hybridized carbons (Fsp3) is 0.355. The minimum atomic E-state index is -1.01. The zero-order valence-corrected chi connectivity index (χ0v) is 24.2. The number of rotatable bonds is 9. The van der Waals surface area contributed by atoms with E-state index in [9.17, 15) is 19.5 Å². The highest BCUT2D eigenvalue weighted by molar-refractivity contribution is 7.17. The topological polar surface area (TPSA) is 115 Å². The summed E-state index contributed by atoms with van der Waals surface area (Å²) in [5.74, 6) is -1.24. The SMILES string of the molecule is CCCCOc1cccc([C@@H]2/C(=C(\O)c3ccc4c(c3)C[C@@H](C)O4)C(=O)C(=O)N2c2nc(C)c(C(=O)OCC)s2)c1. The van der Waals surface area contributed by atoms with E-state index in [0.717, 1.165) is 35.5 Å². The fourth-order valence-electron chi connectivity index (χ4n) is 5.05. The van der Waals surface area contributed by atoms with Crippen LogP contribution in [0.25, 0.3) is 5.76 Å². The zero-order valence-electron chi connectivity index (χ0n) is 23.4. The standard InChI is InChI=1S/C31H32N2O7S/c1-5-7-13-39-22-10-8-9-19(16-22)25-24(26(34)20-11-12-23-21(15-20)14-17(3)40-23)27(35)29(36)33(25)31-32-18(4)28(41-31)30(37)38-6-2/h8-12,15-17,25,34H,5-7,13-14H2,1-4H3/b26-24+/t17-,25-/m1/s1. The van der Waals surface area contributed by atoms with Crippen LogP contribution >= 0.6 is 11.3 Å². The number of nitrogens with zero attached hydrogens (tertiary/aromatic N) is 2. The number of carbonyl (C=O) groups is 3. The van der Waals surface area contributed by atoms with E-state index in [1.165, 1.54) is 4.90 Å². The van der Waals surface area contributed by atoms with Crippen LogP contribution in [-0.4, -0.2) is 47.1 Å². The molecule has 214 valence electrons. The van der Waals surface area contributed by atoms with Crippen LogP contribution in [0.5, 0.6) is 11.5 Å². The number of hydrogen-bond donors (Lipinski definition) is 1. The summed E-state index contributed by atoms with van der Waals surface area (Å²) in [6.45, 7) is 8.08. The van der Waals surface area contributed by atoms with Crippen molar-refractivity contribution in [2.24, 2.45) is 0 Å². The van der Waals surface area contributed by atoms with Crippen molar-refractivity contribution < 1.29 is 33.7 Å². The summed E-state index contributed by atoms with van der Waals surface area (Å²) in [5.41, 5.74) is 2.19. The van der Waals surface area contributed by atoms with E-state index in [4.69, 9.17) is 14.2 Å². The van der Waals surface area contributed by atoms with Gasteiger partial charge in [-0.1, -0.05) is 36.8 Å². The highest BCUT2D eigenvalue weighted by Gasteiger charge is 2.48. The van der Waals surface area contributed by atoms with Gasteiger partial charge in [-0.2, -0.15) is 0 Å². The quantitative estimate of drug-likeness (QED) is 0.112. The molecule has 5 rings (SSSR count). The van der Waals surface area contributed by atoms with Gasteiger partial charge in [-0.3, -0.25) is 14.5 Å². The second-order valence-electron chi connectivity index (χ2n) is 10.0. The predicted molar refractivity (Wildman–Crippen MR) is 155 cm³/mol.